The highest BCUT2D eigenvalue weighted by Gasteiger charge is 2.17. The first-order valence-corrected chi connectivity index (χ1v) is 7.96. The third-order valence-corrected chi connectivity index (χ3v) is 3.93. The predicted octanol–water partition coefficient (Wildman–Crippen LogP) is 3.32. The van der Waals surface area contributed by atoms with Crippen LogP contribution < -0.4 is 15.4 Å². The number of carbonyl (C=O) groups is 2. The number of amides is 2. The van der Waals surface area contributed by atoms with Gasteiger partial charge in [0.15, 0.2) is 6.61 Å². The van der Waals surface area contributed by atoms with Crippen LogP contribution in [-0.2, 0) is 16.0 Å². The number of hydrogen-bond donors (Lipinski definition) is 2. The fraction of sp³-hybridized carbons (Fsp3) is 0.263. The Balaban J connectivity index is 1.54. The maximum Gasteiger partial charge on any atom is 0.262 e. The summed E-state index contributed by atoms with van der Waals surface area (Å²) in [6.07, 6.45) is 0.345. The topological polar surface area (TPSA) is 67.4 Å². The van der Waals surface area contributed by atoms with E-state index >= 15 is 0 Å². The van der Waals surface area contributed by atoms with Crippen molar-refractivity contribution in [2.24, 2.45) is 0 Å². The van der Waals surface area contributed by atoms with Crippen LogP contribution in [0, 0.1) is 0 Å². The van der Waals surface area contributed by atoms with E-state index in [1.165, 1.54) is 5.56 Å². The van der Waals surface area contributed by atoms with Crippen LogP contribution in [0.15, 0.2) is 42.5 Å². The zero-order valence-electron chi connectivity index (χ0n) is 13.8. The molecule has 0 saturated heterocycles. The van der Waals surface area contributed by atoms with E-state index in [0.717, 1.165) is 11.3 Å². The number of anilines is 2. The van der Waals surface area contributed by atoms with E-state index in [1.54, 1.807) is 12.1 Å². The molecule has 3 rings (SSSR count). The fourth-order valence-corrected chi connectivity index (χ4v) is 2.60. The first-order valence-electron chi connectivity index (χ1n) is 7.96. The van der Waals surface area contributed by atoms with Gasteiger partial charge in [0.25, 0.3) is 5.91 Å². The molecule has 0 fully saturated rings. The molecule has 0 saturated carbocycles. The summed E-state index contributed by atoms with van der Waals surface area (Å²) in [5.74, 6) is 0.864. The minimum absolute atomic E-state index is 0.0262. The molecule has 0 aromatic heterocycles. The van der Waals surface area contributed by atoms with Crippen LogP contribution in [0.2, 0.25) is 0 Å². The molecule has 2 N–H and O–H groups in total. The molecule has 2 aromatic rings. The van der Waals surface area contributed by atoms with Crippen molar-refractivity contribution in [3.8, 4) is 5.75 Å². The normalized spacial score (nSPS) is 12.7. The summed E-state index contributed by atoms with van der Waals surface area (Å²) in [4.78, 5) is 23.3. The second-order valence-corrected chi connectivity index (χ2v) is 6.16. The molecule has 1 aliphatic rings. The molecular formula is C19H20N2O3. The Hall–Kier alpha value is -2.82. The van der Waals surface area contributed by atoms with E-state index in [0.29, 0.717) is 23.8 Å². The summed E-state index contributed by atoms with van der Waals surface area (Å²) in [5.41, 5.74) is 3.59. The molecule has 124 valence electrons. The van der Waals surface area contributed by atoms with Gasteiger partial charge in [0, 0.05) is 11.4 Å². The van der Waals surface area contributed by atoms with Crippen LogP contribution >= 0.6 is 0 Å². The van der Waals surface area contributed by atoms with Crippen molar-refractivity contribution in [1.82, 2.24) is 0 Å². The maximum atomic E-state index is 12.0. The number of ether oxygens (including phenoxy) is 1. The highest BCUT2D eigenvalue weighted by molar-refractivity contribution is 6.00. The zero-order valence-corrected chi connectivity index (χ0v) is 13.8. The van der Waals surface area contributed by atoms with E-state index in [2.05, 4.69) is 24.5 Å². The monoisotopic (exact) mass is 324 g/mol. The van der Waals surface area contributed by atoms with Crippen LogP contribution in [0.3, 0.4) is 0 Å². The smallest absolute Gasteiger partial charge is 0.262 e. The van der Waals surface area contributed by atoms with Crippen LogP contribution in [-0.4, -0.2) is 18.4 Å². The third kappa shape index (κ3) is 3.74. The Morgan fingerprint density at radius 2 is 1.96 bits per heavy atom. The van der Waals surface area contributed by atoms with Crippen LogP contribution in [0.4, 0.5) is 11.4 Å². The molecule has 0 radical (unpaired) electrons. The molecule has 1 heterocycles. The van der Waals surface area contributed by atoms with Gasteiger partial charge in [-0.1, -0.05) is 26.0 Å². The van der Waals surface area contributed by atoms with Gasteiger partial charge in [0.1, 0.15) is 5.75 Å². The predicted molar refractivity (Wildman–Crippen MR) is 93.4 cm³/mol. The highest BCUT2D eigenvalue weighted by Crippen LogP contribution is 2.26. The minimum atomic E-state index is -0.236. The molecule has 2 amide bonds. The summed E-state index contributed by atoms with van der Waals surface area (Å²) in [6.45, 7) is 4.20. The Bertz CT molecular complexity index is 767. The lowest BCUT2D eigenvalue weighted by Crippen LogP contribution is -2.20. The van der Waals surface area contributed by atoms with Gasteiger partial charge < -0.3 is 15.4 Å². The minimum Gasteiger partial charge on any atom is -0.484 e. The lowest BCUT2D eigenvalue weighted by molar-refractivity contribution is -0.118. The lowest BCUT2D eigenvalue weighted by Gasteiger charge is -2.10. The van der Waals surface area contributed by atoms with Crippen LogP contribution in [0.5, 0.6) is 5.75 Å². The van der Waals surface area contributed by atoms with Crippen molar-refractivity contribution >= 4 is 23.2 Å². The van der Waals surface area contributed by atoms with Gasteiger partial charge in [-0.25, -0.2) is 0 Å². The average molecular weight is 324 g/mol. The third-order valence-electron chi connectivity index (χ3n) is 3.93. The van der Waals surface area contributed by atoms with Gasteiger partial charge in [-0.3, -0.25) is 9.59 Å². The van der Waals surface area contributed by atoms with Gasteiger partial charge in [0.2, 0.25) is 5.91 Å². The quantitative estimate of drug-likeness (QED) is 0.886. The van der Waals surface area contributed by atoms with Crippen molar-refractivity contribution < 1.29 is 14.3 Å². The number of benzene rings is 2. The van der Waals surface area contributed by atoms with Crippen molar-refractivity contribution in [3.63, 3.8) is 0 Å². The maximum absolute atomic E-state index is 12.0. The van der Waals surface area contributed by atoms with E-state index in [-0.39, 0.29) is 18.4 Å². The Kier molecular flexibility index (Phi) is 4.51. The van der Waals surface area contributed by atoms with E-state index in [9.17, 15) is 9.59 Å². The van der Waals surface area contributed by atoms with Gasteiger partial charge in [-0.05, 0) is 47.4 Å². The number of fused-ring (bicyclic) bond motifs is 1. The zero-order chi connectivity index (χ0) is 17.1. The Labute approximate surface area is 141 Å². The first-order chi connectivity index (χ1) is 11.5. The molecule has 0 spiro atoms. The van der Waals surface area contributed by atoms with Crippen molar-refractivity contribution in [2.45, 2.75) is 26.2 Å². The first kappa shape index (κ1) is 16.1. The number of carbonyl (C=O) groups excluding carboxylic acids is 2. The molecule has 5 heteroatoms. The van der Waals surface area contributed by atoms with Crippen LogP contribution in [0.25, 0.3) is 0 Å². The van der Waals surface area contributed by atoms with Gasteiger partial charge >= 0.3 is 0 Å². The van der Waals surface area contributed by atoms with Gasteiger partial charge in [-0.2, -0.15) is 0 Å². The Morgan fingerprint density at radius 1 is 1.21 bits per heavy atom. The van der Waals surface area contributed by atoms with E-state index in [1.807, 2.05) is 30.3 Å². The largest absolute Gasteiger partial charge is 0.484 e. The summed E-state index contributed by atoms with van der Waals surface area (Å²) in [5, 5.41) is 5.54. The van der Waals surface area contributed by atoms with Gasteiger partial charge in [0.05, 0.1) is 6.42 Å². The molecule has 0 atom stereocenters. The second-order valence-electron chi connectivity index (χ2n) is 6.16. The number of hydrogen-bond acceptors (Lipinski definition) is 3. The van der Waals surface area contributed by atoms with Crippen molar-refractivity contribution in [2.75, 3.05) is 17.2 Å². The molecule has 2 aromatic carbocycles. The summed E-state index contributed by atoms with van der Waals surface area (Å²) in [6, 6.07) is 13.1. The van der Waals surface area contributed by atoms with E-state index < -0.39 is 0 Å². The van der Waals surface area contributed by atoms with E-state index in [4.69, 9.17) is 4.74 Å². The molecule has 0 unspecified atom stereocenters. The number of rotatable bonds is 5. The fourth-order valence-electron chi connectivity index (χ4n) is 2.60. The summed E-state index contributed by atoms with van der Waals surface area (Å²) >= 11 is 0. The molecular weight excluding hydrogens is 304 g/mol. The van der Waals surface area contributed by atoms with Crippen molar-refractivity contribution in [3.05, 3.63) is 53.6 Å². The second kappa shape index (κ2) is 6.74. The molecule has 0 aliphatic carbocycles. The molecule has 1 aliphatic heterocycles. The Morgan fingerprint density at radius 3 is 2.67 bits per heavy atom. The summed E-state index contributed by atoms with van der Waals surface area (Å²) < 4.78 is 5.51. The van der Waals surface area contributed by atoms with Crippen LogP contribution in [0.1, 0.15) is 30.9 Å². The molecule has 5 nitrogen and oxygen atoms in total. The SMILES string of the molecule is CC(C)c1ccc(OCC(=O)Nc2ccc3c(c2)CC(=O)N3)cc1. The standard InChI is InChI=1S/C19H20N2O3/c1-12(2)13-3-6-16(7-4-13)24-11-19(23)20-15-5-8-17-14(9-15)10-18(22)21-17/h3-9,12H,10-11H2,1-2H3,(H,20,23)(H,21,22). The van der Waals surface area contributed by atoms with Gasteiger partial charge in [-0.15, -0.1) is 0 Å². The summed E-state index contributed by atoms with van der Waals surface area (Å²) in [7, 11) is 0. The van der Waals surface area contributed by atoms with Crippen molar-refractivity contribution in [1.29, 1.82) is 0 Å². The lowest BCUT2D eigenvalue weighted by atomic mass is 10.0. The molecule has 0 bridgehead atoms. The average Bonchev–Trinajstić information content (AvgIpc) is 2.92. The highest BCUT2D eigenvalue weighted by atomic mass is 16.5. The molecule has 24 heavy (non-hydrogen) atoms. The number of nitrogens with one attached hydrogen (secondary N) is 2.